The maximum Gasteiger partial charge on any atom is 0.256 e. The third kappa shape index (κ3) is 3.73. The number of morpholine rings is 1. The van der Waals surface area contributed by atoms with E-state index < -0.39 is 9.84 Å². The monoisotopic (exact) mass is 430 g/mol. The highest BCUT2D eigenvalue weighted by atomic mass is 35.5. The van der Waals surface area contributed by atoms with Gasteiger partial charge in [0.05, 0.1) is 34.1 Å². The van der Waals surface area contributed by atoms with Crippen LogP contribution in [0.5, 0.6) is 0 Å². The summed E-state index contributed by atoms with van der Waals surface area (Å²) < 4.78 is 32.5. The van der Waals surface area contributed by atoms with E-state index in [1.165, 1.54) is 6.20 Å². The van der Waals surface area contributed by atoms with Gasteiger partial charge in [-0.3, -0.25) is 9.78 Å². The van der Waals surface area contributed by atoms with Crippen LogP contribution in [0, 0.1) is 6.92 Å². The van der Waals surface area contributed by atoms with Crippen LogP contribution in [0.1, 0.15) is 15.9 Å². The molecule has 3 aromatic rings. The van der Waals surface area contributed by atoms with Crippen molar-refractivity contribution >= 4 is 38.2 Å². The van der Waals surface area contributed by atoms with Crippen LogP contribution in [-0.2, 0) is 14.6 Å². The van der Waals surface area contributed by atoms with E-state index in [4.69, 9.17) is 16.3 Å². The summed E-state index contributed by atoms with van der Waals surface area (Å²) in [6.07, 6.45) is 1.34. The van der Waals surface area contributed by atoms with E-state index in [2.05, 4.69) is 4.98 Å². The van der Waals surface area contributed by atoms with Gasteiger partial charge in [-0.25, -0.2) is 8.42 Å². The van der Waals surface area contributed by atoms with E-state index in [0.29, 0.717) is 42.2 Å². The molecule has 0 spiro atoms. The van der Waals surface area contributed by atoms with E-state index in [-0.39, 0.29) is 21.3 Å². The van der Waals surface area contributed by atoms with Crippen molar-refractivity contribution in [3.8, 4) is 0 Å². The summed E-state index contributed by atoms with van der Waals surface area (Å²) in [7, 11) is -3.99. The number of hydrogen-bond acceptors (Lipinski definition) is 5. The number of benzene rings is 2. The summed E-state index contributed by atoms with van der Waals surface area (Å²) in [5, 5.41) is 0.702. The maximum absolute atomic E-state index is 13.6. The van der Waals surface area contributed by atoms with Crippen molar-refractivity contribution in [3.05, 3.63) is 64.8 Å². The molecule has 0 aliphatic carbocycles. The number of carbonyl (C=O) groups excluding carboxylic acids is 1. The smallest absolute Gasteiger partial charge is 0.256 e. The van der Waals surface area contributed by atoms with E-state index in [1.807, 2.05) is 6.92 Å². The zero-order chi connectivity index (χ0) is 20.6. The van der Waals surface area contributed by atoms with Gasteiger partial charge >= 0.3 is 0 Å². The molecule has 0 N–H and O–H groups in total. The van der Waals surface area contributed by atoms with E-state index in [9.17, 15) is 13.2 Å². The van der Waals surface area contributed by atoms with Gasteiger partial charge < -0.3 is 9.64 Å². The van der Waals surface area contributed by atoms with Gasteiger partial charge in [-0.05, 0) is 37.3 Å². The van der Waals surface area contributed by atoms with Crippen LogP contribution >= 0.6 is 11.6 Å². The van der Waals surface area contributed by atoms with Gasteiger partial charge in [0.15, 0.2) is 0 Å². The molecule has 0 atom stereocenters. The van der Waals surface area contributed by atoms with Crippen molar-refractivity contribution in [2.24, 2.45) is 0 Å². The number of aryl methyl sites for hydroxylation is 1. The fraction of sp³-hybridized carbons (Fsp3) is 0.238. The minimum Gasteiger partial charge on any atom is -0.378 e. The topological polar surface area (TPSA) is 76.6 Å². The largest absolute Gasteiger partial charge is 0.378 e. The predicted octanol–water partition coefficient (Wildman–Crippen LogP) is 3.50. The average Bonchev–Trinajstić information content (AvgIpc) is 2.73. The van der Waals surface area contributed by atoms with Crippen LogP contribution in [-0.4, -0.2) is 50.5 Å². The van der Waals surface area contributed by atoms with Crippen molar-refractivity contribution in [1.29, 1.82) is 0 Å². The molecule has 0 radical (unpaired) electrons. The number of rotatable bonds is 3. The Labute approximate surface area is 174 Å². The second-order valence-corrected chi connectivity index (χ2v) is 9.21. The van der Waals surface area contributed by atoms with Crippen molar-refractivity contribution in [3.63, 3.8) is 0 Å². The molecule has 6 nitrogen and oxygen atoms in total. The lowest BCUT2D eigenvalue weighted by atomic mass is 10.1. The molecule has 0 bridgehead atoms. The molecular formula is C21H19ClN2O4S. The number of amides is 1. The molecule has 4 rings (SSSR count). The first kappa shape index (κ1) is 19.8. The molecule has 1 aliphatic heterocycles. The van der Waals surface area contributed by atoms with E-state index in [0.717, 1.165) is 5.56 Å². The summed E-state index contributed by atoms with van der Waals surface area (Å²) in [6, 6.07) is 11.4. The van der Waals surface area contributed by atoms with Crippen LogP contribution in [0.2, 0.25) is 5.02 Å². The lowest BCUT2D eigenvalue weighted by Crippen LogP contribution is -2.41. The molecule has 1 amide bonds. The number of ether oxygens (including phenoxy) is 1. The Morgan fingerprint density at radius 3 is 2.48 bits per heavy atom. The van der Waals surface area contributed by atoms with Gasteiger partial charge in [0.25, 0.3) is 5.91 Å². The number of pyridine rings is 1. The number of aromatic nitrogens is 1. The second-order valence-electron chi connectivity index (χ2n) is 6.88. The lowest BCUT2D eigenvalue weighted by molar-refractivity contribution is 0.0300. The number of fused-ring (bicyclic) bond motifs is 1. The lowest BCUT2D eigenvalue weighted by Gasteiger charge is -2.27. The summed E-state index contributed by atoms with van der Waals surface area (Å²) in [6.45, 7) is 3.51. The summed E-state index contributed by atoms with van der Waals surface area (Å²) in [5.74, 6) is -0.381. The Balaban J connectivity index is 1.97. The van der Waals surface area contributed by atoms with E-state index >= 15 is 0 Å². The fourth-order valence-corrected chi connectivity index (χ4v) is 5.14. The van der Waals surface area contributed by atoms with Crippen LogP contribution < -0.4 is 0 Å². The molecule has 2 aromatic carbocycles. The maximum atomic E-state index is 13.6. The Bertz CT molecular complexity index is 1190. The average molecular weight is 431 g/mol. The highest BCUT2D eigenvalue weighted by Crippen LogP contribution is 2.33. The number of halogens is 1. The van der Waals surface area contributed by atoms with Gasteiger partial charge in [-0.15, -0.1) is 0 Å². The standard InChI is InChI=1S/C21H19ClN2O4S/c1-14-2-5-16(6-3-14)29(26,27)20-17-12-15(22)4-7-19(17)23-13-18(20)21(25)24-8-10-28-11-9-24/h2-7,12-13H,8-11H2,1H3. The SMILES string of the molecule is Cc1ccc(S(=O)(=O)c2c(C(=O)N3CCOCC3)cnc3ccc(Cl)cc23)cc1. The highest BCUT2D eigenvalue weighted by Gasteiger charge is 2.30. The third-order valence-corrected chi connectivity index (χ3v) is 7.01. The van der Waals surface area contributed by atoms with Gasteiger partial charge in [0.1, 0.15) is 0 Å². The van der Waals surface area contributed by atoms with Gasteiger partial charge in [-0.1, -0.05) is 29.3 Å². The molecule has 1 fully saturated rings. The van der Waals surface area contributed by atoms with Crippen molar-refractivity contribution in [2.75, 3.05) is 26.3 Å². The Kier molecular flexibility index (Phi) is 5.29. The molecule has 0 saturated carbocycles. The molecule has 0 unspecified atom stereocenters. The predicted molar refractivity (Wildman–Crippen MR) is 110 cm³/mol. The zero-order valence-electron chi connectivity index (χ0n) is 15.8. The summed E-state index contributed by atoms with van der Waals surface area (Å²) in [5.41, 5.74) is 1.44. The van der Waals surface area contributed by atoms with Gasteiger partial charge in [-0.2, -0.15) is 0 Å². The van der Waals surface area contributed by atoms with Crippen molar-refractivity contribution in [2.45, 2.75) is 16.7 Å². The minimum absolute atomic E-state index is 0.0437. The van der Waals surface area contributed by atoms with E-state index in [1.54, 1.807) is 47.4 Å². The molecule has 1 aromatic heterocycles. The molecule has 2 heterocycles. The summed E-state index contributed by atoms with van der Waals surface area (Å²) >= 11 is 6.15. The van der Waals surface area contributed by atoms with Gasteiger partial charge in [0.2, 0.25) is 9.84 Å². The van der Waals surface area contributed by atoms with Crippen molar-refractivity contribution < 1.29 is 17.9 Å². The molecule has 29 heavy (non-hydrogen) atoms. The van der Waals surface area contributed by atoms with Crippen LogP contribution in [0.25, 0.3) is 10.9 Å². The second kappa shape index (κ2) is 7.74. The third-order valence-electron chi connectivity index (χ3n) is 4.91. The van der Waals surface area contributed by atoms with Crippen LogP contribution in [0.3, 0.4) is 0 Å². The minimum atomic E-state index is -3.99. The quantitative estimate of drug-likeness (QED) is 0.635. The molecule has 150 valence electrons. The number of sulfone groups is 1. The normalized spacial score (nSPS) is 14.9. The first-order valence-corrected chi connectivity index (χ1v) is 11.0. The molecule has 1 aliphatic rings. The Hall–Kier alpha value is -2.48. The van der Waals surface area contributed by atoms with Crippen LogP contribution in [0.15, 0.2) is 58.5 Å². The zero-order valence-corrected chi connectivity index (χ0v) is 17.3. The number of nitrogens with zero attached hydrogens (tertiary/aromatic N) is 2. The number of hydrogen-bond donors (Lipinski definition) is 0. The van der Waals surface area contributed by atoms with Crippen LogP contribution in [0.4, 0.5) is 0 Å². The van der Waals surface area contributed by atoms with Gasteiger partial charge in [0, 0.05) is 29.7 Å². The molecular weight excluding hydrogens is 412 g/mol. The van der Waals surface area contributed by atoms with Crippen molar-refractivity contribution in [1.82, 2.24) is 9.88 Å². The Morgan fingerprint density at radius 1 is 1.10 bits per heavy atom. The fourth-order valence-electron chi connectivity index (χ4n) is 3.35. The Morgan fingerprint density at radius 2 is 1.79 bits per heavy atom. The first-order valence-electron chi connectivity index (χ1n) is 9.15. The first-order chi connectivity index (χ1) is 13.9. The molecule has 1 saturated heterocycles. The number of carbonyl (C=O) groups is 1. The summed E-state index contributed by atoms with van der Waals surface area (Å²) in [4.78, 5) is 19.2. The molecule has 8 heteroatoms. The highest BCUT2D eigenvalue weighted by molar-refractivity contribution is 7.91.